The zero-order valence-electron chi connectivity index (χ0n) is 26.0. The fourth-order valence-corrected chi connectivity index (χ4v) is 5.92. The number of aromatic nitrogens is 5. The Morgan fingerprint density at radius 3 is 1.60 bits per heavy atom. The van der Waals surface area contributed by atoms with Crippen LogP contribution in [-0.2, 0) is 0 Å². The van der Waals surface area contributed by atoms with E-state index in [1.165, 1.54) is 0 Å². The van der Waals surface area contributed by atoms with Gasteiger partial charge in [0.25, 0.3) is 0 Å². The molecule has 8 aromatic rings. The Kier molecular flexibility index (Phi) is 7.83. The molecule has 0 bridgehead atoms. The molecule has 0 aliphatic rings. The molecule has 48 heavy (non-hydrogen) atoms. The zero-order chi connectivity index (χ0) is 32.1. The molecule has 0 spiro atoms. The van der Waals surface area contributed by atoms with Gasteiger partial charge in [0, 0.05) is 34.6 Å². The van der Waals surface area contributed by atoms with Gasteiger partial charge in [-0.3, -0.25) is 9.97 Å². The Hall–Kier alpha value is -6.59. The maximum atomic E-state index is 5.14. The van der Waals surface area contributed by atoms with Gasteiger partial charge in [-0.1, -0.05) is 127 Å². The summed E-state index contributed by atoms with van der Waals surface area (Å²) in [5.41, 5.74) is 11.9. The average Bonchev–Trinajstić information content (AvgIpc) is 3.19. The van der Waals surface area contributed by atoms with Crippen LogP contribution in [0, 0.1) is 0 Å². The van der Waals surface area contributed by atoms with E-state index in [2.05, 4.69) is 77.8 Å². The van der Waals surface area contributed by atoms with Crippen LogP contribution in [0.4, 0.5) is 0 Å². The molecule has 0 aliphatic carbocycles. The minimum atomic E-state index is 0.672. The lowest BCUT2D eigenvalue weighted by atomic mass is 9.93. The van der Waals surface area contributed by atoms with Gasteiger partial charge < -0.3 is 0 Å². The summed E-state index contributed by atoms with van der Waals surface area (Å²) in [7, 11) is 0. The van der Waals surface area contributed by atoms with E-state index in [-0.39, 0.29) is 0 Å². The van der Waals surface area contributed by atoms with Gasteiger partial charge in [0.2, 0.25) is 0 Å². The minimum absolute atomic E-state index is 0.672. The second-order valence-corrected chi connectivity index (χ2v) is 11.3. The Morgan fingerprint density at radius 2 is 0.875 bits per heavy atom. The lowest BCUT2D eigenvalue weighted by Crippen LogP contribution is -1.99. The molecule has 5 nitrogen and oxygen atoms in total. The van der Waals surface area contributed by atoms with E-state index in [0.29, 0.717) is 5.82 Å². The van der Waals surface area contributed by atoms with Crippen LogP contribution in [0.1, 0.15) is 0 Å². The van der Waals surface area contributed by atoms with E-state index in [1.54, 1.807) is 6.20 Å². The topological polar surface area (TPSA) is 64.5 Å². The lowest BCUT2D eigenvalue weighted by Gasteiger charge is -2.16. The molecule has 0 saturated heterocycles. The maximum absolute atomic E-state index is 5.14. The van der Waals surface area contributed by atoms with Crippen molar-refractivity contribution in [2.24, 2.45) is 0 Å². The molecule has 0 amide bonds. The Balaban J connectivity index is 1.32. The predicted octanol–water partition coefficient (Wildman–Crippen LogP) is 10.3. The third-order valence-corrected chi connectivity index (χ3v) is 8.23. The molecule has 226 valence electrons. The number of hydrogen-bond acceptors (Lipinski definition) is 5. The van der Waals surface area contributed by atoms with Crippen molar-refractivity contribution in [2.75, 3.05) is 0 Å². The van der Waals surface area contributed by atoms with E-state index in [4.69, 9.17) is 19.9 Å². The predicted molar refractivity (Wildman–Crippen MR) is 193 cm³/mol. The Bertz CT molecular complexity index is 2040. The first-order valence-electron chi connectivity index (χ1n) is 15.8. The quantitative estimate of drug-likeness (QED) is 0.178. The van der Waals surface area contributed by atoms with Crippen molar-refractivity contribution in [1.82, 2.24) is 24.9 Å². The highest BCUT2D eigenvalue weighted by Crippen LogP contribution is 2.39. The molecule has 0 aliphatic heterocycles. The molecule has 0 N–H and O–H groups in total. The van der Waals surface area contributed by atoms with E-state index in [1.807, 2.05) is 97.2 Å². The van der Waals surface area contributed by atoms with Crippen LogP contribution in [0.25, 0.3) is 78.9 Å². The number of benzene rings is 4. The molecule has 0 unspecified atom stereocenters. The SMILES string of the molecule is c1ccc(-c2cc(-c3ccccn3)nc(-c3ncccc3-c3ccccc3-c3cc(-c4ccccc4)nc(-c4ccccc4)n3)c2)cc1. The van der Waals surface area contributed by atoms with Gasteiger partial charge in [0.1, 0.15) is 0 Å². The van der Waals surface area contributed by atoms with Crippen molar-refractivity contribution < 1.29 is 0 Å². The third-order valence-electron chi connectivity index (χ3n) is 8.23. The number of pyridine rings is 3. The standard InChI is InChI=1S/C43H29N5/c1-4-15-30(16-5-1)33-27-40(37-24-12-13-25-44-37)46-41(28-33)42-36(23-14-26-45-42)34-21-10-11-22-35(34)39-29-38(31-17-6-2-7-18-31)47-43(48-39)32-19-8-3-9-20-32/h1-29H. The summed E-state index contributed by atoms with van der Waals surface area (Å²) in [6, 6.07) is 55.3. The summed E-state index contributed by atoms with van der Waals surface area (Å²) < 4.78 is 0. The van der Waals surface area contributed by atoms with Gasteiger partial charge in [0.05, 0.1) is 34.2 Å². The van der Waals surface area contributed by atoms with Gasteiger partial charge in [-0.2, -0.15) is 0 Å². The van der Waals surface area contributed by atoms with Crippen LogP contribution in [0.2, 0.25) is 0 Å². The number of hydrogen-bond donors (Lipinski definition) is 0. The van der Waals surface area contributed by atoms with Crippen LogP contribution in [-0.4, -0.2) is 24.9 Å². The molecular formula is C43H29N5. The summed E-state index contributed by atoms with van der Waals surface area (Å²) in [6.45, 7) is 0. The molecule has 5 heteroatoms. The third kappa shape index (κ3) is 5.88. The molecular weight excluding hydrogens is 587 g/mol. The van der Waals surface area contributed by atoms with E-state index < -0.39 is 0 Å². The molecule has 8 rings (SSSR count). The fourth-order valence-electron chi connectivity index (χ4n) is 5.92. The van der Waals surface area contributed by atoms with Gasteiger partial charge in [0.15, 0.2) is 5.82 Å². The van der Waals surface area contributed by atoms with E-state index >= 15 is 0 Å². The normalized spacial score (nSPS) is 10.9. The molecule has 4 aromatic heterocycles. The average molecular weight is 616 g/mol. The van der Waals surface area contributed by atoms with Gasteiger partial charge in [-0.25, -0.2) is 15.0 Å². The van der Waals surface area contributed by atoms with E-state index in [9.17, 15) is 0 Å². The van der Waals surface area contributed by atoms with Crippen LogP contribution in [0.3, 0.4) is 0 Å². The van der Waals surface area contributed by atoms with Crippen LogP contribution in [0.5, 0.6) is 0 Å². The van der Waals surface area contributed by atoms with Crippen LogP contribution >= 0.6 is 0 Å². The van der Waals surface area contributed by atoms with Crippen molar-refractivity contribution in [3.8, 4) is 78.9 Å². The summed E-state index contributed by atoms with van der Waals surface area (Å²) in [6.07, 6.45) is 3.62. The first-order chi connectivity index (χ1) is 23.8. The molecule has 0 saturated carbocycles. The summed E-state index contributed by atoms with van der Waals surface area (Å²) in [5, 5.41) is 0. The number of rotatable bonds is 7. The second kappa shape index (κ2) is 13.0. The zero-order valence-corrected chi connectivity index (χ0v) is 26.0. The van der Waals surface area contributed by atoms with Crippen molar-refractivity contribution in [3.05, 3.63) is 176 Å². The molecule has 4 heterocycles. The van der Waals surface area contributed by atoms with Crippen molar-refractivity contribution in [2.45, 2.75) is 0 Å². The maximum Gasteiger partial charge on any atom is 0.160 e. The lowest BCUT2D eigenvalue weighted by molar-refractivity contribution is 1.18. The van der Waals surface area contributed by atoms with Gasteiger partial charge >= 0.3 is 0 Å². The summed E-state index contributed by atoms with van der Waals surface area (Å²) in [4.78, 5) is 24.9. The van der Waals surface area contributed by atoms with E-state index in [0.717, 1.165) is 73.1 Å². The summed E-state index contributed by atoms with van der Waals surface area (Å²) >= 11 is 0. The number of nitrogens with zero attached hydrogens (tertiary/aromatic N) is 5. The monoisotopic (exact) mass is 615 g/mol. The Morgan fingerprint density at radius 1 is 0.292 bits per heavy atom. The minimum Gasteiger partial charge on any atom is -0.255 e. The van der Waals surface area contributed by atoms with Crippen LogP contribution in [0.15, 0.2) is 176 Å². The van der Waals surface area contributed by atoms with Crippen LogP contribution < -0.4 is 0 Å². The first-order valence-corrected chi connectivity index (χ1v) is 15.8. The fraction of sp³-hybridized carbons (Fsp3) is 0. The smallest absolute Gasteiger partial charge is 0.160 e. The summed E-state index contributed by atoms with van der Waals surface area (Å²) in [5.74, 6) is 0.672. The highest BCUT2D eigenvalue weighted by Gasteiger charge is 2.19. The molecule has 0 fully saturated rings. The van der Waals surface area contributed by atoms with Gasteiger partial charge in [-0.05, 0) is 53.1 Å². The van der Waals surface area contributed by atoms with Crippen molar-refractivity contribution >= 4 is 0 Å². The Labute approximate surface area is 279 Å². The molecule has 4 aromatic carbocycles. The highest BCUT2D eigenvalue weighted by molar-refractivity contribution is 5.90. The van der Waals surface area contributed by atoms with Gasteiger partial charge in [-0.15, -0.1) is 0 Å². The molecule has 0 atom stereocenters. The van der Waals surface area contributed by atoms with Crippen molar-refractivity contribution in [3.63, 3.8) is 0 Å². The first kappa shape index (κ1) is 28.9. The van der Waals surface area contributed by atoms with Crippen molar-refractivity contribution in [1.29, 1.82) is 0 Å². The molecule has 0 radical (unpaired) electrons. The largest absolute Gasteiger partial charge is 0.255 e. The highest BCUT2D eigenvalue weighted by atomic mass is 14.9. The second-order valence-electron chi connectivity index (χ2n) is 11.3.